The molecule has 1 aromatic carbocycles. The zero-order valence-electron chi connectivity index (χ0n) is 16.7. The summed E-state index contributed by atoms with van der Waals surface area (Å²) in [7, 11) is 0. The molecule has 3 aliphatic rings. The Morgan fingerprint density at radius 3 is 2.61 bits per heavy atom. The van der Waals surface area contributed by atoms with Gasteiger partial charge in [-0.05, 0) is 67.1 Å². The SMILES string of the molecule is C[C@]12CC[C@H]3c4cc(CN(CCCl)CCCl)c(O)cc4CC[C@@H]3[C@@H]1CCC2=O. The highest BCUT2D eigenvalue weighted by Gasteiger charge is 2.54. The molecule has 3 nitrogen and oxygen atoms in total. The Morgan fingerprint density at radius 2 is 1.89 bits per heavy atom. The summed E-state index contributed by atoms with van der Waals surface area (Å²) < 4.78 is 0. The molecule has 1 aromatic rings. The van der Waals surface area contributed by atoms with Gasteiger partial charge in [0.25, 0.3) is 0 Å². The first kappa shape index (κ1) is 20.5. The number of hydrogen-bond donors (Lipinski definition) is 1. The summed E-state index contributed by atoms with van der Waals surface area (Å²) in [5.41, 5.74) is 3.61. The fourth-order valence-electron chi connectivity index (χ4n) is 6.30. The lowest BCUT2D eigenvalue weighted by molar-refractivity contribution is -0.129. The normalized spacial score (nSPS) is 31.6. The van der Waals surface area contributed by atoms with E-state index in [1.807, 2.05) is 6.07 Å². The molecule has 0 spiro atoms. The van der Waals surface area contributed by atoms with Crippen LogP contribution in [0.1, 0.15) is 61.6 Å². The fraction of sp³-hybridized carbons (Fsp3) is 0.696. The van der Waals surface area contributed by atoms with Gasteiger partial charge in [-0.1, -0.05) is 13.0 Å². The van der Waals surface area contributed by atoms with Gasteiger partial charge in [0.1, 0.15) is 11.5 Å². The van der Waals surface area contributed by atoms with Crippen LogP contribution in [0.25, 0.3) is 0 Å². The van der Waals surface area contributed by atoms with Crippen LogP contribution in [0.2, 0.25) is 0 Å². The van der Waals surface area contributed by atoms with Crippen molar-refractivity contribution < 1.29 is 9.90 Å². The number of hydrogen-bond acceptors (Lipinski definition) is 3. The van der Waals surface area contributed by atoms with Crippen LogP contribution in [0.3, 0.4) is 0 Å². The summed E-state index contributed by atoms with van der Waals surface area (Å²) in [6.45, 7) is 4.42. The molecule has 2 saturated carbocycles. The van der Waals surface area contributed by atoms with Crippen LogP contribution >= 0.6 is 23.2 Å². The molecule has 0 saturated heterocycles. The van der Waals surface area contributed by atoms with E-state index in [1.165, 1.54) is 11.1 Å². The Bertz CT molecular complexity index is 746. The molecule has 2 fully saturated rings. The van der Waals surface area contributed by atoms with Crippen LogP contribution in [0.15, 0.2) is 12.1 Å². The second kappa shape index (κ2) is 8.16. The maximum Gasteiger partial charge on any atom is 0.139 e. The van der Waals surface area contributed by atoms with Crippen molar-refractivity contribution >= 4 is 29.0 Å². The number of Topliss-reactive ketones (excluding diaryl/α,β-unsaturated/α-hetero) is 1. The maximum absolute atomic E-state index is 12.5. The number of halogens is 2. The van der Waals surface area contributed by atoms with Crippen molar-refractivity contribution in [3.05, 3.63) is 28.8 Å². The second-order valence-electron chi connectivity index (χ2n) is 9.17. The average molecular weight is 424 g/mol. The molecule has 5 heteroatoms. The minimum Gasteiger partial charge on any atom is -0.508 e. The number of nitrogens with zero attached hydrogens (tertiary/aromatic N) is 1. The highest BCUT2D eigenvalue weighted by Crippen LogP contribution is 2.59. The zero-order chi connectivity index (χ0) is 19.9. The number of alkyl halides is 2. The topological polar surface area (TPSA) is 40.5 Å². The summed E-state index contributed by atoms with van der Waals surface area (Å²) in [6, 6.07) is 4.24. The Labute approximate surface area is 178 Å². The standard InChI is InChI=1S/C23H31Cl2NO2/c1-23-7-6-17-18(20(23)4-5-22(23)28)3-2-15-13-21(27)16(12-19(15)17)14-26(10-8-24)11-9-25/h12-13,17-18,20,27H,2-11,14H2,1H3/t17-,18+,20+,23+/m1/s1. The first-order valence-corrected chi connectivity index (χ1v) is 11.8. The van der Waals surface area contributed by atoms with Crippen LogP contribution in [0, 0.1) is 17.3 Å². The Hall–Kier alpha value is -0.770. The Balaban J connectivity index is 1.62. The van der Waals surface area contributed by atoms with Gasteiger partial charge in [-0.3, -0.25) is 9.69 Å². The average Bonchev–Trinajstić information content (AvgIpc) is 2.98. The Morgan fingerprint density at radius 1 is 1.14 bits per heavy atom. The number of phenolic OH excluding ortho intramolecular Hbond substituents is 1. The lowest BCUT2D eigenvalue weighted by Crippen LogP contribution is -2.42. The quantitative estimate of drug-likeness (QED) is 0.647. The minimum atomic E-state index is -0.0874. The lowest BCUT2D eigenvalue weighted by atomic mass is 9.55. The molecule has 0 aromatic heterocycles. The number of phenols is 1. The number of fused-ring (bicyclic) bond motifs is 5. The van der Waals surface area contributed by atoms with E-state index in [0.29, 0.717) is 47.6 Å². The third kappa shape index (κ3) is 3.48. The van der Waals surface area contributed by atoms with E-state index in [1.54, 1.807) is 0 Å². The molecule has 0 bridgehead atoms. The molecule has 3 aliphatic carbocycles. The van der Waals surface area contributed by atoms with Gasteiger partial charge in [0.2, 0.25) is 0 Å². The minimum absolute atomic E-state index is 0.0874. The van der Waals surface area contributed by atoms with Crippen molar-refractivity contribution in [3.8, 4) is 5.75 Å². The van der Waals surface area contributed by atoms with Crippen molar-refractivity contribution in [1.29, 1.82) is 0 Å². The number of aryl methyl sites for hydroxylation is 1. The van der Waals surface area contributed by atoms with Gasteiger partial charge in [0.05, 0.1) is 0 Å². The third-order valence-electron chi connectivity index (χ3n) is 7.83. The number of carbonyl (C=O) groups is 1. The Kier molecular flexibility index (Phi) is 5.98. The van der Waals surface area contributed by atoms with Gasteiger partial charge in [-0.25, -0.2) is 0 Å². The fourth-order valence-corrected chi connectivity index (χ4v) is 6.78. The van der Waals surface area contributed by atoms with Crippen molar-refractivity contribution in [2.24, 2.45) is 17.3 Å². The van der Waals surface area contributed by atoms with Crippen molar-refractivity contribution in [2.45, 2.75) is 57.9 Å². The number of rotatable bonds is 6. The van der Waals surface area contributed by atoms with E-state index in [2.05, 4.69) is 17.9 Å². The van der Waals surface area contributed by atoms with Crippen LogP contribution in [0.5, 0.6) is 5.75 Å². The van der Waals surface area contributed by atoms with E-state index in [4.69, 9.17) is 23.2 Å². The number of ketones is 1. The molecule has 4 atom stereocenters. The number of benzene rings is 1. The molecule has 28 heavy (non-hydrogen) atoms. The molecule has 0 radical (unpaired) electrons. The van der Waals surface area contributed by atoms with Gasteiger partial charge in [-0.15, -0.1) is 23.2 Å². The predicted molar refractivity (Wildman–Crippen MR) is 114 cm³/mol. The van der Waals surface area contributed by atoms with Crippen LogP contribution < -0.4 is 0 Å². The smallest absolute Gasteiger partial charge is 0.139 e. The highest BCUT2D eigenvalue weighted by atomic mass is 35.5. The zero-order valence-corrected chi connectivity index (χ0v) is 18.2. The first-order chi connectivity index (χ1) is 13.5. The van der Waals surface area contributed by atoms with Crippen molar-refractivity contribution in [3.63, 3.8) is 0 Å². The molecule has 0 amide bonds. The lowest BCUT2D eigenvalue weighted by Gasteiger charge is -2.48. The molecule has 0 unspecified atom stereocenters. The third-order valence-corrected chi connectivity index (χ3v) is 8.17. The van der Waals surface area contributed by atoms with E-state index >= 15 is 0 Å². The molecular weight excluding hydrogens is 393 g/mol. The van der Waals surface area contributed by atoms with Crippen molar-refractivity contribution in [2.75, 3.05) is 24.8 Å². The number of carbonyl (C=O) groups excluding carboxylic acids is 1. The van der Waals surface area contributed by atoms with E-state index in [9.17, 15) is 9.90 Å². The van der Waals surface area contributed by atoms with Gasteiger partial charge >= 0.3 is 0 Å². The van der Waals surface area contributed by atoms with Gasteiger partial charge in [-0.2, -0.15) is 0 Å². The van der Waals surface area contributed by atoms with Crippen LogP contribution in [-0.2, 0) is 17.8 Å². The summed E-state index contributed by atoms with van der Waals surface area (Å²) >= 11 is 11.9. The molecule has 154 valence electrons. The monoisotopic (exact) mass is 423 g/mol. The molecule has 4 rings (SSSR count). The second-order valence-corrected chi connectivity index (χ2v) is 9.92. The van der Waals surface area contributed by atoms with E-state index < -0.39 is 0 Å². The van der Waals surface area contributed by atoms with Crippen LogP contribution in [-0.4, -0.2) is 40.6 Å². The van der Waals surface area contributed by atoms with E-state index in [-0.39, 0.29) is 5.41 Å². The van der Waals surface area contributed by atoms with Gasteiger partial charge < -0.3 is 5.11 Å². The summed E-state index contributed by atoms with van der Waals surface area (Å²) in [6.07, 6.45) is 6.10. The van der Waals surface area contributed by atoms with E-state index in [0.717, 1.165) is 57.2 Å². The van der Waals surface area contributed by atoms with Gasteiger partial charge in [0.15, 0.2) is 0 Å². The molecular formula is C23H31Cl2NO2. The summed E-state index contributed by atoms with van der Waals surface area (Å²) in [5.74, 6) is 3.67. The number of aromatic hydroxyl groups is 1. The summed E-state index contributed by atoms with van der Waals surface area (Å²) in [4.78, 5) is 14.7. The van der Waals surface area contributed by atoms with Gasteiger partial charge in [0, 0.05) is 48.8 Å². The largest absolute Gasteiger partial charge is 0.508 e. The first-order valence-electron chi connectivity index (χ1n) is 10.7. The summed E-state index contributed by atoms with van der Waals surface area (Å²) in [5, 5.41) is 10.6. The molecule has 1 N–H and O–H groups in total. The molecule has 0 heterocycles. The predicted octanol–water partition coefficient (Wildman–Crippen LogP) is 5.10. The van der Waals surface area contributed by atoms with Crippen molar-refractivity contribution in [1.82, 2.24) is 4.90 Å². The van der Waals surface area contributed by atoms with Crippen LogP contribution in [0.4, 0.5) is 0 Å². The maximum atomic E-state index is 12.5. The molecule has 0 aliphatic heterocycles. The highest BCUT2D eigenvalue weighted by molar-refractivity contribution is 6.18.